The van der Waals surface area contributed by atoms with E-state index in [-0.39, 0.29) is 22.7 Å². The van der Waals surface area contributed by atoms with E-state index in [0.29, 0.717) is 6.54 Å². The molecule has 0 bridgehead atoms. The fraction of sp³-hybridized carbons (Fsp3) is 0.304. The number of carbonyl (C=O) groups is 1. The predicted molar refractivity (Wildman–Crippen MR) is 113 cm³/mol. The van der Waals surface area contributed by atoms with E-state index in [2.05, 4.69) is 41.3 Å². The Kier molecular flexibility index (Phi) is 6.95. The molecule has 1 heterocycles. The van der Waals surface area contributed by atoms with Crippen molar-refractivity contribution in [2.45, 2.75) is 26.9 Å². The average molecular weight is 412 g/mol. The number of hydrogen-bond donors (Lipinski definition) is 1. The van der Waals surface area contributed by atoms with E-state index in [1.165, 1.54) is 22.5 Å². The number of rotatable bonds is 8. The third-order valence-electron chi connectivity index (χ3n) is 5.04. The molecule has 7 heteroatoms. The molecule has 158 valence electrons. The van der Waals surface area contributed by atoms with Gasteiger partial charge in [-0.2, -0.15) is 5.10 Å². The first kappa shape index (κ1) is 21.6. The minimum Gasteiger partial charge on any atom is -0.348 e. The van der Waals surface area contributed by atoms with E-state index >= 15 is 0 Å². The van der Waals surface area contributed by atoms with Crippen LogP contribution in [0, 0.1) is 11.6 Å². The number of amides is 1. The minimum atomic E-state index is -0.758. The van der Waals surface area contributed by atoms with Crippen molar-refractivity contribution < 1.29 is 13.6 Å². The van der Waals surface area contributed by atoms with Crippen molar-refractivity contribution in [3.63, 3.8) is 0 Å². The van der Waals surface area contributed by atoms with Crippen LogP contribution in [0.5, 0.6) is 0 Å². The van der Waals surface area contributed by atoms with E-state index < -0.39 is 11.6 Å². The highest BCUT2D eigenvalue weighted by atomic mass is 19.1. The summed E-state index contributed by atoms with van der Waals surface area (Å²) < 4.78 is 28.9. The number of benzene rings is 2. The quantitative estimate of drug-likeness (QED) is 0.605. The molecule has 30 heavy (non-hydrogen) atoms. The van der Waals surface area contributed by atoms with E-state index in [9.17, 15) is 13.6 Å². The molecule has 0 aliphatic heterocycles. The molecule has 0 radical (unpaired) electrons. The monoisotopic (exact) mass is 412 g/mol. The zero-order chi connectivity index (χ0) is 21.7. The zero-order valence-corrected chi connectivity index (χ0v) is 17.5. The molecule has 0 atom stereocenters. The Morgan fingerprint density at radius 3 is 2.37 bits per heavy atom. The van der Waals surface area contributed by atoms with Gasteiger partial charge < -0.3 is 5.32 Å². The summed E-state index contributed by atoms with van der Waals surface area (Å²) in [6.07, 6.45) is 1.53. The summed E-state index contributed by atoms with van der Waals surface area (Å²) in [5, 5.41) is 7.04. The lowest BCUT2D eigenvalue weighted by Crippen LogP contribution is -2.23. The third kappa shape index (κ3) is 5.10. The van der Waals surface area contributed by atoms with Crippen molar-refractivity contribution in [1.29, 1.82) is 0 Å². The van der Waals surface area contributed by atoms with Crippen LogP contribution in [0.3, 0.4) is 0 Å². The Morgan fingerprint density at radius 1 is 1.07 bits per heavy atom. The number of hydrogen-bond acceptors (Lipinski definition) is 3. The van der Waals surface area contributed by atoms with Crippen LogP contribution >= 0.6 is 0 Å². The molecular formula is C23H26F2N4O. The Morgan fingerprint density at radius 2 is 1.73 bits per heavy atom. The maximum atomic E-state index is 14.2. The van der Waals surface area contributed by atoms with Gasteiger partial charge in [0, 0.05) is 38.0 Å². The molecular weight excluding hydrogens is 386 g/mol. The lowest BCUT2D eigenvalue weighted by Gasteiger charge is -2.18. The number of aromatic nitrogens is 2. The van der Waals surface area contributed by atoms with Gasteiger partial charge in [0.1, 0.15) is 17.3 Å². The van der Waals surface area contributed by atoms with Crippen LogP contribution in [-0.4, -0.2) is 33.7 Å². The molecule has 3 aromatic rings. The normalized spacial score (nSPS) is 11.1. The summed E-state index contributed by atoms with van der Waals surface area (Å²) in [6, 6.07) is 11.3. The Labute approximate surface area is 175 Å². The number of carbonyl (C=O) groups excluding carboxylic acids is 1. The number of aryl methyl sites for hydroxylation is 1. The Bertz CT molecular complexity index is 1010. The first-order chi connectivity index (χ1) is 14.4. The standard InChI is InChI=1S/C23H26F2N4O/c1-4-29(5-2)14-17-8-6-16(7-9-17)13-26-23(30)20-15-28(3)27-22(20)19-11-10-18(24)12-21(19)25/h6-12,15H,4-5,13-14H2,1-3H3,(H,26,30). The highest BCUT2D eigenvalue weighted by Crippen LogP contribution is 2.25. The summed E-state index contributed by atoms with van der Waals surface area (Å²) in [5.74, 6) is -1.80. The lowest BCUT2D eigenvalue weighted by molar-refractivity contribution is 0.0951. The summed E-state index contributed by atoms with van der Waals surface area (Å²) in [6.45, 7) is 7.50. The molecule has 1 amide bonds. The second-order valence-electron chi connectivity index (χ2n) is 7.15. The van der Waals surface area contributed by atoms with E-state index in [4.69, 9.17) is 0 Å². The maximum Gasteiger partial charge on any atom is 0.255 e. The van der Waals surface area contributed by atoms with Crippen LogP contribution in [0.1, 0.15) is 35.3 Å². The van der Waals surface area contributed by atoms with Crippen molar-refractivity contribution in [1.82, 2.24) is 20.0 Å². The number of halogens is 2. The molecule has 0 saturated carbocycles. The predicted octanol–water partition coefficient (Wildman–Crippen LogP) is 4.14. The maximum absolute atomic E-state index is 14.2. The van der Waals surface area contributed by atoms with Gasteiger partial charge in [0.2, 0.25) is 0 Å². The summed E-state index contributed by atoms with van der Waals surface area (Å²) >= 11 is 0. The molecule has 0 unspecified atom stereocenters. The largest absolute Gasteiger partial charge is 0.348 e. The van der Waals surface area contributed by atoms with Crippen molar-refractivity contribution in [2.75, 3.05) is 13.1 Å². The molecule has 0 saturated heterocycles. The summed E-state index contributed by atoms with van der Waals surface area (Å²) in [5.41, 5.74) is 2.69. The molecule has 0 spiro atoms. The molecule has 5 nitrogen and oxygen atoms in total. The van der Waals surface area contributed by atoms with E-state index in [1.807, 2.05) is 12.1 Å². The highest BCUT2D eigenvalue weighted by molar-refractivity contribution is 5.99. The molecule has 2 aromatic carbocycles. The van der Waals surface area contributed by atoms with E-state index in [1.54, 1.807) is 7.05 Å². The lowest BCUT2D eigenvalue weighted by atomic mass is 10.1. The fourth-order valence-electron chi connectivity index (χ4n) is 3.28. The highest BCUT2D eigenvalue weighted by Gasteiger charge is 2.20. The van der Waals surface area contributed by atoms with E-state index in [0.717, 1.165) is 37.3 Å². The molecule has 3 rings (SSSR count). The molecule has 1 N–H and O–H groups in total. The van der Waals surface area contributed by atoms with Gasteiger partial charge in [-0.15, -0.1) is 0 Å². The smallest absolute Gasteiger partial charge is 0.255 e. The van der Waals surface area contributed by atoms with Crippen LogP contribution in [0.4, 0.5) is 8.78 Å². The number of nitrogens with one attached hydrogen (secondary N) is 1. The Balaban J connectivity index is 1.70. The second-order valence-corrected chi connectivity index (χ2v) is 7.15. The van der Waals surface area contributed by atoms with Gasteiger partial charge in [0.05, 0.1) is 5.56 Å². The Hall–Kier alpha value is -3.06. The van der Waals surface area contributed by atoms with Crippen LogP contribution in [0.2, 0.25) is 0 Å². The number of nitrogens with zero attached hydrogens (tertiary/aromatic N) is 3. The van der Waals surface area contributed by atoms with Gasteiger partial charge in [0.25, 0.3) is 5.91 Å². The average Bonchev–Trinajstić information content (AvgIpc) is 3.12. The first-order valence-corrected chi connectivity index (χ1v) is 9.98. The van der Waals surface area contributed by atoms with Crippen LogP contribution < -0.4 is 5.32 Å². The second kappa shape index (κ2) is 9.63. The summed E-state index contributed by atoms with van der Waals surface area (Å²) in [4.78, 5) is 15.1. The van der Waals surface area contributed by atoms with Gasteiger partial charge in [-0.25, -0.2) is 8.78 Å². The van der Waals surface area contributed by atoms with Gasteiger partial charge in [0.15, 0.2) is 0 Å². The van der Waals surface area contributed by atoms with Crippen LogP contribution in [-0.2, 0) is 20.1 Å². The summed E-state index contributed by atoms with van der Waals surface area (Å²) in [7, 11) is 1.65. The topological polar surface area (TPSA) is 50.2 Å². The third-order valence-corrected chi connectivity index (χ3v) is 5.04. The fourth-order valence-corrected chi connectivity index (χ4v) is 3.28. The van der Waals surface area contributed by atoms with Crippen molar-refractivity contribution in [2.24, 2.45) is 7.05 Å². The minimum absolute atomic E-state index is 0.0860. The zero-order valence-electron chi connectivity index (χ0n) is 17.5. The molecule has 0 aliphatic carbocycles. The van der Waals surface area contributed by atoms with Gasteiger partial charge in [-0.05, 0) is 36.3 Å². The molecule has 1 aromatic heterocycles. The van der Waals surface area contributed by atoms with Crippen LogP contribution in [0.15, 0.2) is 48.7 Å². The van der Waals surface area contributed by atoms with Crippen molar-refractivity contribution in [3.05, 3.63) is 77.0 Å². The van der Waals surface area contributed by atoms with Gasteiger partial charge in [-0.1, -0.05) is 38.1 Å². The van der Waals surface area contributed by atoms with Gasteiger partial charge >= 0.3 is 0 Å². The first-order valence-electron chi connectivity index (χ1n) is 9.98. The van der Waals surface area contributed by atoms with Crippen molar-refractivity contribution in [3.8, 4) is 11.3 Å². The van der Waals surface area contributed by atoms with Gasteiger partial charge in [-0.3, -0.25) is 14.4 Å². The van der Waals surface area contributed by atoms with Crippen molar-refractivity contribution >= 4 is 5.91 Å². The SMILES string of the molecule is CCN(CC)Cc1ccc(CNC(=O)c2cn(C)nc2-c2ccc(F)cc2F)cc1. The molecule has 0 aliphatic rings. The molecule has 0 fully saturated rings. The van der Waals surface area contributed by atoms with Crippen LogP contribution in [0.25, 0.3) is 11.3 Å².